The van der Waals surface area contributed by atoms with Crippen LogP contribution in [0.5, 0.6) is 0 Å². The van der Waals surface area contributed by atoms with Gasteiger partial charge in [-0.05, 0) is 30.4 Å². The standard InChI is InChI=1S/C20H15N3O3/c21-10-17-18-11-5-6-12(9-11)19(18)20(24)22(17)15-7-8-16(23(25)26)14-4-2-1-3-13(14)15/h1-8,11-12,17-19H,9H2. The summed E-state index contributed by atoms with van der Waals surface area (Å²) >= 11 is 0. The Hall–Kier alpha value is -3.20. The number of benzene rings is 2. The quantitative estimate of drug-likeness (QED) is 0.474. The van der Waals surface area contributed by atoms with Crippen LogP contribution in [0.15, 0.2) is 48.6 Å². The third kappa shape index (κ3) is 1.77. The van der Waals surface area contributed by atoms with Crippen molar-refractivity contribution in [2.45, 2.75) is 12.5 Å². The highest BCUT2D eigenvalue weighted by molar-refractivity contribution is 6.09. The van der Waals surface area contributed by atoms with E-state index in [1.807, 2.05) is 0 Å². The van der Waals surface area contributed by atoms with E-state index in [4.69, 9.17) is 0 Å². The van der Waals surface area contributed by atoms with Gasteiger partial charge in [-0.25, -0.2) is 0 Å². The molecule has 6 heteroatoms. The Kier molecular flexibility index (Phi) is 2.99. The molecule has 5 unspecified atom stereocenters. The first-order valence-electron chi connectivity index (χ1n) is 8.69. The topological polar surface area (TPSA) is 87.2 Å². The van der Waals surface area contributed by atoms with Crippen molar-refractivity contribution in [3.8, 4) is 6.07 Å². The van der Waals surface area contributed by atoms with E-state index in [-0.39, 0.29) is 35.3 Å². The Balaban J connectivity index is 1.69. The van der Waals surface area contributed by atoms with E-state index in [0.717, 1.165) is 6.42 Å². The molecule has 0 N–H and O–H groups in total. The summed E-state index contributed by atoms with van der Waals surface area (Å²) in [7, 11) is 0. The van der Waals surface area contributed by atoms with E-state index in [2.05, 4.69) is 18.2 Å². The second-order valence-corrected chi connectivity index (χ2v) is 7.24. The smallest absolute Gasteiger partial charge is 0.277 e. The van der Waals surface area contributed by atoms with Crippen molar-refractivity contribution in [3.63, 3.8) is 0 Å². The van der Waals surface area contributed by atoms with Gasteiger partial charge in [-0.2, -0.15) is 5.26 Å². The molecule has 128 valence electrons. The number of non-ortho nitro benzene ring substituents is 1. The predicted octanol–water partition coefficient (Wildman–Crippen LogP) is 3.43. The summed E-state index contributed by atoms with van der Waals surface area (Å²) in [6.07, 6.45) is 5.20. The molecule has 5 rings (SSSR count). The number of rotatable bonds is 2. The minimum absolute atomic E-state index is 0.00596. The number of carbonyl (C=O) groups excluding carboxylic acids is 1. The second kappa shape index (κ2) is 5.15. The number of nitrogens with zero attached hydrogens (tertiary/aromatic N) is 3. The molecule has 1 amide bonds. The molecule has 26 heavy (non-hydrogen) atoms. The molecule has 3 aliphatic rings. The summed E-state index contributed by atoms with van der Waals surface area (Å²) in [5.74, 6) is 0.313. The average molecular weight is 345 g/mol. The number of amides is 1. The molecule has 0 aromatic heterocycles. The van der Waals surface area contributed by atoms with Crippen LogP contribution in [0.4, 0.5) is 11.4 Å². The molecule has 2 aliphatic carbocycles. The number of carbonyl (C=O) groups is 1. The molecule has 2 aromatic carbocycles. The highest BCUT2D eigenvalue weighted by atomic mass is 16.6. The fraction of sp³-hybridized carbons (Fsp3) is 0.300. The number of hydrogen-bond acceptors (Lipinski definition) is 4. The minimum atomic E-state index is -0.530. The van der Waals surface area contributed by atoms with Crippen molar-refractivity contribution < 1.29 is 9.72 Å². The highest BCUT2D eigenvalue weighted by Gasteiger charge is 2.59. The van der Waals surface area contributed by atoms with Crippen molar-refractivity contribution >= 4 is 28.1 Å². The number of fused-ring (bicyclic) bond motifs is 6. The maximum Gasteiger partial charge on any atom is 0.277 e. The molecule has 1 saturated carbocycles. The molecular formula is C20H15N3O3. The molecule has 2 aromatic rings. The van der Waals surface area contributed by atoms with E-state index in [1.54, 1.807) is 35.2 Å². The van der Waals surface area contributed by atoms with Crippen molar-refractivity contribution in [1.82, 2.24) is 0 Å². The summed E-state index contributed by atoms with van der Waals surface area (Å²) in [5.41, 5.74) is 0.600. The number of allylic oxidation sites excluding steroid dienone is 2. The van der Waals surface area contributed by atoms with Gasteiger partial charge in [0.1, 0.15) is 6.04 Å². The Labute approximate surface area is 149 Å². The largest absolute Gasteiger partial charge is 0.295 e. The van der Waals surface area contributed by atoms with Crippen LogP contribution in [0, 0.1) is 45.1 Å². The molecule has 2 bridgehead atoms. The van der Waals surface area contributed by atoms with Gasteiger partial charge in [0.2, 0.25) is 5.91 Å². The van der Waals surface area contributed by atoms with E-state index >= 15 is 0 Å². The van der Waals surface area contributed by atoms with E-state index in [0.29, 0.717) is 16.5 Å². The number of nitriles is 1. The van der Waals surface area contributed by atoms with Gasteiger partial charge in [0.25, 0.3) is 5.69 Å². The highest BCUT2D eigenvalue weighted by Crippen LogP contribution is 2.55. The number of hydrogen-bond donors (Lipinski definition) is 0. The molecule has 1 aliphatic heterocycles. The van der Waals surface area contributed by atoms with E-state index in [9.17, 15) is 20.2 Å². The summed E-state index contributed by atoms with van der Waals surface area (Å²) < 4.78 is 0. The lowest BCUT2D eigenvalue weighted by Crippen LogP contribution is -2.36. The Morgan fingerprint density at radius 3 is 2.58 bits per heavy atom. The lowest BCUT2D eigenvalue weighted by atomic mass is 9.82. The molecule has 0 spiro atoms. The Morgan fingerprint density at radius 2 is 1.85 bits per heavy atom. The van der Waals surface area contributed by atoms with Crippen molar-refractivity contribution in [2.75, 3.05) is 4.90 Å². The van der Waals surface area contributed by atoms with Crippen LogP contribution in [-0.2, 0) is 4.79 Å². The van der Waals surface area contributed by atoms with Crippen LogP contribution >= 0.6 is 0 Å². The van der Waals surface area contributed by atoms with Gasteiger partial charge in [-0.3, -0.25) is 19.8 Å². The van der Waals surface area contributed by atoms with E-state index in [1.165, 1.54) is 6.07 Å². The van der Waals surface area contributed by atoms with E-state index < -0.39 is 11.0 Å². The van der Waals surface area contributed by atoms with Crippen molar-refractivity contribution in [1.29, 1.82) is 5.26 Å². The fourth-order valence-corrected chi connectivity index (χ4v) is 5.16. The van der Waals surface area contributed by atoms with Crippen LogP contribution in [0.1, 0.15) is 6.42 Å². The van der Waals surface area contributed by atoms with Crippen molar-refractivity contribution in [2.24, 2.45) is 23.7 Å². The maximum atomic E-state index is 13.2. The molecule has 1 heterocycles. The number of anilines is 1. The number of nitro groups is 1. The third-order valence-corrected chi connectivity index (χ3v) is 6.15. The van der Waals surface area contributed by atoms with Crippen LogP contribution in [0.3, 0.4) is 0 Å². The Bertz CT molecular complexity index is 1040. The van der Waals surface area contributed by atoms with Gasteiger partial charge in [0.05, 0.1) is 28.0 Å². The second-order valence-electron chi connectivity index (χ2n) is 7.24. The first-order chi connectivity index (χ1) is 12.6. The third-order valence-electron chi connectivity index (χ3n) is 6.15. The van der Waals surface area contributed by atoms with Crippen LogP contribution in [0.2, 0.25) is 0 Å². The molecule has 0 radical (unpaired) electrons. The fourth-order valence-electron chi connectivity index (χ4n) is 5.16. The molecule has 5 atom stereocenters. The van der Waals surface area contributed by atoms with Gasteiger partial charge in [0.15, 0.2) is 0 Å². The minimum Gasteiger partial charge on any atom is -0.295 e. The van der Waals surface area contributed by atoms with Gasteiger partial charge in [0, 0.05) is 17.4 Å². The maximum absolute atomic E-state index is 13.2. The average Bonchev–Trinajstić information content (AvgIpc) is 3.33. The molecule has 6 nitrogen and oxygen atoms in total. The normalized spacial score (nSPS) is 31.4. The molecule has 1 saturated heterocycles. The predicted molar refractivity (Wildman–Crippen MR) is 95.2 cm³/mol. The zero-order valence-electron chi connectivity index (χ0n) is 13.8. The summed E-state index contributed by atoms with van der Waals surface area (Å²) in [4.78, 5) is 25.7. The van der Waals surface area contributed by atoms with Crippen LogP contribution in [0.25, 0.3) is 10.8 Å². The van der Waals surface area contributed by atoms with Crippen LogP contribution < -0.4 is 4.90 Å². The molecule has 2 fully saturated rings. The lowest BCUT2D eigenvalue weighted by Gasteiger charge is -2.25. The number of nitro benzene ring substituents is 1. The zero-order valence-corrected chi connectivity index (χ0v) is 13.8. The van der Waals surface area contributed by atoms with Crippen LogP contribution in [-0.4, -0.2) is 16.9 Å². The van der Waals surface area contributed by atoms with Gasteiger partial charge in [-0.15, -0.1) is 0 Å². The van der Waals surface area contributed by atoms with Gasteiger partial charge >= 0.3 is 0 Å². The Morgan fingerprint density at radius 1 is 1.12 bits per heavy atom. The lowest BCUT2D eigenvalue weighted by molar-refractivity contribution is -0.383. The summed E-state index contributed by atoms with van der Waals surface area (Å²) in [6.45, 7) is 0. The first kappa shape index (κ1) is 15.1. The molecular weight excluding hydrogens is 330 g/mol. The van der Waals surface area contributed by atoms with Crippen molar-refractivity contribution in [3.05, 3.63) is 58.7 Å². The summed E-state index contributed by atoms with van der Waals surface area (Å²) in [5, 5.41) is 22.3. The zero-order chi connectivity index (χ0) is 18.0. The SMILES string of the molecule is N#CC1C2C3C=CC(C3)C2C(=O)N1c1ccc([N+](=O)[O-])c2ccccc12. The summed E-state index contributed by atoms with van der Waals surface area (Å²) in [6, 6.07) is 11.8. The first-order valence-corrected chi connectivity index (χ1v) is 8.69. The monoisotopic (exact) mass is 345 g/mol. The van der Waals surface area contributed by atoms with Gasteiger partial charge in [-0.1, -0.05) is 30.4 Å². The van der Waals surface area contributed by atoms with Gasteiger partial charge < -0.3 is 0 Å².